The Balaban J connectivity index is 1.77. The highest BCUT2D eigenvalue weighted by Crippen LogP contribution is 2.37. The number of aryl methyl sites for hydroxylation is 3. The SMILES string of the molecule is Cc1ccc(Nc2ncnc(Oc3cccc4ccc(C)nc34)c2[N+](=O)[O-])c(C)c1. The minimum atomic E-state index is -0.551. The Hall–Kier alpha value is -4.07. The van der Waals surface area contributed by atoms with Crippen LogP contribution in [-0.2, 0) is 0 Å². The third kappa shape index (κ3) is 3.75. The molecule has 8 nitrogen and oxygen atoms in total. The molecule has 0 aliphatic carbocycles. The molecule has 0 spiro atoms. The fourth-order valence-corrected chi connectivity index (χ4v) is 3.18. The quantitative estimate of drug-likeness (QED) is 0.353. The number of fused-ring (bicyclic) bond motifs is 1. The van der Waals surface area contributed by atoms with Crippen LogP contribution in [0.3, 0.4) is 0 Å². The topological polar surface area (TPSA) is 103 Å². The molecule has 2 aromatic carbocycles. The summed E-state index contributed by atoms with van der Waals surface area (Å²) < 4.78 is 5.87. The van der Waals surface area contributed by atoms with Crippen LogP contribution in [0.4, 0.5) is 17.2 Å². The largest absolute Gasteiger partial charge is 0.431 e. The van der Waals surface area contributed by atoms with E-state index in [0.717, 1.165) is 27.9 Å². The number of anilines is 2. The van der Waals surface area contributed by atoms with Gasteiger partial charge in [0.05, 0.1) is 4.92 Å². The van der Waals surface area contributed by atoms with E-state index in [1.165, 1.54) is 6.33 Å². The van der Waals surface area contributed by atoms with E-state index in [-0.39, 0.29) is 17.4 Å². The van der Waals surface area contributed by atoms with Gasteiger partial charge >= 0.3 is 11.6 Å². The lowest BCUT2D eigenvalue weighted by atomic mass is 10.1. The van der Waals surface area contributed by atoms with Gasteiger partial charge in [-0.1, -0.05) is 35.9 Å². The second-order valence-corrected chi connectivity index (χ2v) is 6.96. The second kappa shape index (κ2) is 7.75. The average Bonchev–Trinajstić information content (AvgIpc) is 2.70. The second-order valence-electron chi connectivity index (χ2n) is 6.96. The van der Waals surface area contributed by atoms with Gasteiger partial charge in [-0.2, -0.15) is 4.98 Å². The number of aromatic nitrogens is 3. The first-order valence-electron chi connectivity index (χ1n) is 9.30. The summed E-state index contributed by atoms with van der Waals surface area (Å²) in [7, 11) is 0. The smallest absolute Gasteiger partial charge is 0.373 e. The number of nitrogens with zero attached hydrogens (tertiary/aromatic N) is 4. The Morgan fingerprint density at radius 3 is 2.63 bits per heavy atom. The zero-order valence-electron chi connectivity index (χ0n) is 16.7. The van der Waals surface area contributed by atoms with E-state index in [1.807, 2.05) is 57.2 Å². The first kappa shape index (κ1) is 19.3. The van der Waals surface area contributed by atoms with Crippen molar-refractivity contribution in [3.63, 3.8) is 0 Å². The van der Waals surface area contributed by atoms with Crippen LogP contribution in [-0.4, -0.2) is 19.9 Å². The van der Waals surface area contributed by atoms with Crippen molar-refractivity contribution in [1.82, 2.24) is 15.0 Å². The number of rotatable bonds is 5. The first-order chi connectivity index (χ1) is 14.4. The van der Waals surface area contributed by atoms with Crippen LogP contribution in [0.25, 0.3) is 10.9 Å². The molecule has 0 fully saturated rings. The Kier molecular flexibility index (Phi) is 4.97. The number of hydrogen-bond acceptors (Lipinski definition) is 7. The molecule has 4 aromatic rings. The van der Waals surface area contributed by atoms with Crippen LogP contribution < -0.4 is 10.1 Å². The van der Waals surface area contributed by atoms with E-state index in [2.05, 4.69) is 20.3 Å². The minimum absolute atomic E-state index is 0.0568. The van der Waals surface area contributed by atoms with Gasteiger partial charge in [-0.05, 0) is 44.5 Å². The highest BCUT2D eigenvalue weighted by molar-refractivity contribution is 5.85. The Morgan fingerprint density at radius 1 is 1.03 bits per heavy atom. The van der Waals surface area contributed by atoms with Gasteiger partial charge in [-0.3, -0.25) is 10.1 Å². The van der Waals surface area contributed by atoms with Crippen molar-refractivity contribution >= 4 is 28.1 Å². The van der Waals surface area contributed by atoms with E-state index in [0.29, 0.717) is 11.3 Å². The molecular formula is C22H19N5O3. The van der Waals surface area contributed by atoms with E-state index < -0.39 is 4.92 Å². The summed E-state index contributed by atoms with van der Waals surface area (Å²) in [4.78, 5) is 23.9. The average molecular weight is 401 g/mol. The molecule has 8 heteroatoms. The monoisotopic (exact) mass is 401 g/mol. The number of benzene rings is 2. The normalized spacial score (nSPS) is 10.8. The van der Waals surface area contributed by atoms with Crippen molar-refractivity contribution in [1.29, 1.82) is 0 Å². The molecule has 30 heavy (non-hydrogen) atoms. The van der Waals surface area contributed by atoms with Gasteiger partial charge in [0.1, 0.15) is 11.8 Å². The van der Waals surface area contributed by atoms with Gasteiger partial charge in [-0.15, -0.1) is 0 Å². The van der Waals surface area contributed by atoms with Crippen molar-refractivity contribution in [2.24, 2.45) is 0 Å². The number of para-hydroxylation sites is 1. The molecule has 2 heterocycles. The summed E-state index contributed by atoms with van der Waals surface area (Å²) in [5.41, 5.74) is 3.83. The van der Waals surface area contributed by atoms with Crippen LogP contribution >= 0.6 is 0 Å². The highest BCUT2D eigenvalue weighted by atomic mass is 16.6. The summed E-state index contributed by atoms with van der Waals surface area (Å²) in [6, 6.07) is 15.0. The lowest BCUT2D eigenvalue weighted by molar-refractivity contribution is -0.385. The maximum Gasteiger partial charge on any atom is 0.373 e. The highest BCUT2D eigenvalue weighted by Gasteiger charge is 2.26. The number of nitrogens with one attached hydrogen (secondary N) is 1. The summed E-state index contributed by atoms with van der Waals surface area (Å²) in [6.07, 6.45) is 1.23. The van der Waals surface area contributed by atoms with Crippen molar-refractivity contribution in [2.45, 2.75) is 20.8 Å². The zero-order valence-corrected chi connectivity index (χ0v) is 16.7. The molecule has 0 saturated carbocycles. The molecule has 0 aliphatic rings. The van der Waals surface area contributed by atoms with Crippen LogP contribution in [0.5, 0.6) is 11.6 Å². The van der Waals surface area contributed by atoms with Crippen molar-refractivity contribution in [3.05, 3.63) is 81.8 Å². The predicted octanol–water partition coefficient (Wildman–Crippen LogP) is 5.39. The molecule has 0 amide bonds. The van der Waals surface area contributed by atoms with Gasteiger partial charge in [-0.25, -0.2) is 9.97 Å². The standard InChI is InChI=1S/C22H19N5O3/c1-13-7-10-17(14(2)11-13)26-21-20(27(28)29)22(24-12-23-21)30-18-6-4-5-16-9-8-15(3)25-19(16)18/h4-12H,1-3H3,(H,23,24,26). The van der Waals surface area contributed by atoms with Crippen LogP contribution in [0.15, 0.2) is 54.9 Å². The van der Waals surface area contributed by atoms with Crippen LogP contribution in [0.1, 0.15) is 16.8 Å². The van der Waals surface area contributed by atoms with E-state index in [1.54, 1.807) is 12.1 Å². The van der Waals surface area contributed by atoms with Gasteiger partial charge in [0.2, 0.25) is 5.82 Å². The summed E-state index contributed by atoms with van der Waals surface area (Å²) in [6.45, 7) is 5.77. The Labute approximate surface area is 172 Å². The lowest BCUT2D eigenvalue weighted by Gasteiger charge is -2.12. The summed E-state index contributed by atoms with van der Waals surface area (Å²) in [5.74, 6) is 0.287. The maximum absolute atomic E-state index is 11.9. The number of ether oxygens (including phenoxy) is 1. The molecule has 1 N–H and O–H groups in total. The van der Waals surface area contributed by atoms with Crippen molar-refractivity contribution < 1.29 is 9.66 Å². The number of pyridine rings is 1. The van der Waals surface area contributed by atoms with E-state index in [4.69, 9.17) is 4.74 Å². The molecule has 4 rings (SSSR count). The maximum atomic E-state index is 11.9. The van der Waals surface area contributed by atoms with Crippen LogP contribution in [0.2, 0.25) is 0 Å². The fraction of sp³-hybridized carbons (Fsp3) is 0.136. The molecule has 0 radical (unpaired) electrons. The van der Waals surface area contributed by atoms with Crippen molar-refractivity contribution in [3.8, 4) is 11.6 Å². The Bertz CT molecular complexity index is 1270. The predicted molar refractivity (Wildman–Crippen MR) is 114 cm³/mol. The zero-order chi connectivity index (χ0) is 21.3. The molecule has 0 aliphatic heterocycles. The third-order valence-corrected chi connectivity index (χ3v) is 4.64. The fourth-order valence-electron chi connectivity index (χ4n) is 3.18. The number of hydrogen-bond donors (Lipinski definition) is 1. The third-order valence-electron chi connectivity index (χ3n) is 4.64. The minimum Gasteiger partial charge on any atom is -0.431 e. The van der Waals surface area contributed by atoms with E-state index >= 15 is 0 Å². The van der Waals surface area contributed by atoms with Crippen molar-refractivity contribution in [2.75, 3.05) is 5.32 Å². The van der Waals surface area contributed by atoms with Gasteiger partial charge < -0.3 is 10.1 Å². The van der Waals surface area contributed by atoms with Gasteiger partial charge in [0.25, 0.3) is 0 Å². The number of nitro groups is 1. The van der Waals surface area contributed by atoms with Gasteiger partial charge in [0, 0.05) is 16.8 Å². The Morgan fingerprint density at radius 2 is 1.87 bits per heavy atom. The molecule has 0 atom stereocenters. The van der Waals surface area contributed by atoms with Gasteiger partial charge in [0.15, 0.2) is 5.75 Å². The molecular weight excluding hydrogens is 382 g/mol. The first-order valence-corrected chi connectivity index (χ1v) is 9.30. The molecule has 0 bridgehead atoms. The lowest BCUT2D eigenvalue weighted by Crippen LogP contribution is -2.04. The molecule has 0 unspecified atom stereocenters. The molecule has 0 saturated heterocycles. The molecule has 2 aromatic heterocycles. The summed E-state index contributed by atoms with van der Waals surface area (Å²) in [5, 5.41) is 15.8. The van der Waals surface area contributed by atoms with E-state index in [9.17, 15) is 10.1 Å². The molecule has 150 valence electrons. The van der Waals surface area contributed by atoms with Crippen LogP contribution in [0, 0.1) is 30.9 Å². The summed E-state index contributed by atoms with van der Waals surface area (Å²) >= 11 is 0.